The lowest BCUT2D eigenvalue weighted by molar-refractivity contribution is 0.292. The van der Waals surface area contributed by atoms with Crippen molar-refractivity contribution in [3.8, 4) is 11.3 Å². The van der Waals surface area contributed by atoms with Crippen LogP contribution in [0.3, 0.4) is 0 Å². The van der Waals surface area contributed by atoms with Crippen molar-refractivity contribution < 1.29 is 5.11 Å². The Bertz CT molecular complexity index is 756. The number of benzene rings is 1. The molecule has 108 valence electrons. The zero-order valence-electron chi connectivity index (χ0n) is 11.3. The number of anilines is 1. The molecule has 0 aliphatic carbocycles. The predicted molar refractivity (Wildman–Crippen MR) is 83.6 cm³/mol. The predicted octanol–water partition coefficient (Wildman–Crippen LogP) is 2.84. The molecule has 3 rings (SSSR count). The summed E-state index contributed by atoms with van der Waals surface area (Å²) < 4.78 is 1.78. The van der Waals surface area contributed by atoms with Gasteiger partial charge in [-0.1, -0.05) is 23.7 Å². The number of nitrogens with one attached hydrogen (secondary N) is 1. The van der Waals surface area contributed by atoms with E-state index in [1.165, 1.54) is 0 Å². The van der Waals surface area contributed by atoms with E-state index >= 15 is 0 Å². The number of aliphatic hydroxyl groups excluding tert-OH is 1. The van der Waals surface area contributed by atoms with Gasteiger partial charge in [0.1, 0.15) is 5.82 Å². The van der Waals surface area contributed by atoms with E-state index in [1.807, 2.05) is 36.4 Å². The van der Waals surface area contributed by atoms with Gasteiger partial charge in [-0.2, -0.15) is 0 Å². The molecule has 0 atom stereocenters. The van der Waals surface area contributed by atoms with Crippen LogP contribution in [0.1, 0.15) is 6.42 Å². The van der Waals surface area contributed by atoms with E-state index in [-0.39, 0.29) is 6.61 Å². The number of fused-ring (bicyclic) bond motifs is 1. The molecule has 2 N–H and O–H groups in total. The second-order valence-electron chi connectivity index (χ2n) is 4.65. The van der Waals surface area contributed by atoms with Crippen LogP contribution in [-0.2, 0) is 0 Å². The highest BCUT2D eigenvalue weighted by atomic mass is 35.5. The Labute approximate surface area is 127 Å². The Balaban J connectivity index is 1.97. The van der Waals surface area contributed by atoms with Crippen molar-refractivity contribution >= 4 is 23.1 Å². The minimum absolute atomic E-state index is 0.161. The van der Waals surface area contributed by atoms with Crippen molar-refractivity contribution in [2.24, 2.45) is 0 Å². The van der Waals surface area contributed by atoms with Gasteiger partial charge < -0.3 is 10.4 Å². The van der Waals surface area contributed by atoms with Gasteiger partial charge >= 0.3 is 0 Å². The molecule has 6 heteroatoms. The van der Waals surface area contributed by atoms with Gasteiger partial charge in [-0.15, -0.1) is 5.10 Å². The third-order valence-corrected chi connectivity index (χ3v) is 3.36. The lowest BCUT2D eigenvalue weighted by Crippen LogP contribution is -2.07. The van der Waals surface area contributed by atoms with Gasteiger partial charge in [-0.25, -0.2) is 9.50 Å². The normalized spacial score (nSPS) is 11.0. The van der Waals surface area contributed by atoms with Crippen LogP contribution >= 0.6 is 11.6 Å². The summed E-state index contributed by atoms with van der Waals surface area (Å²) in [6, 6.07) is 11.4. The number of aromatic nitrogens is 3. The summed E-state index contributed by atoms with van der Waals surface area (Å²) in [5, 5.41) is 17.2. The molecular weight excluding hydrogens is 288 g/mol. The van der Waals surface area contributed by atoms with Crippen molar-refractivity contribution in [3.63, 3.8) is 0 Å². The summed E-state index contributed by atoms with van der Waals surface area (Å²) in [5.41, 5.74) is 2.63. The highest BCUT2D eigenvalue weighted by Gasteiger charge is 2.08. The van der Waals surface area contributed by atoms with E-state index in [1.54, 1.807) is 10.7 Å². The molecule has 0 radical (unpaired) electrons. The third kappa shape index (κ3) is 2.99. The molecule has 0 saturated carbocycles. The zero-order chi connectivity index (χ0) is 14.7. The molecule has 3 aromatic rings. The minimum Gasteiger partial charge on any atom is -0.396 e. The van der Waals surface area contributed by atoms with Crippen molar-refractivity contribution in [2.75, 3.05) is 18.5 Å². The van der Waals surface area contributed by atoms with E-state index in [4.69, 9.17) is 16.7 Å². The molecule has 0 unspecified atom stereocenters. The number of halogens is 1. The number of hydrogen-bond donors (Lipinski definition) is 2. The molecule has 0 aliphatic heterocycles. The Morgan fingerprint density at radius 1 is 1.24 bits per heavy atom. The maximum atomic E-state index is 8.81. The number of rotatable bonds is 5. The van der Waals surface area contributed by atoms with Crippen molar-refractivity contribution in [1.82, 2.24) is 14.6 Å². The van der Waals surface area contributed by atoms with Crippen molar-refractivity contribution in [3.05, 3.63) is 47.6 Å². The number of aliphatic hydroxyl groups is 1. The molecule has 0 aliphatic rings. The van der Waals surface area contributed by atoms with Gasteiger partial charge in [0.2, 0.25) is 0 Å². The zero-order valence-corrected chi connectivity index (χ0v) is 12.1. The van der Waals surface area contributed by atoms with Crippen molar-refractivity contribution in [2.45, 2.75) is 6.42 Å². The number of imidazole rings is 1. The summed E-state index contributed by atoms with van der Waals surface area (Å²) in [4.78, 5) is 4.35. The van der Waals surface area contributed by atoms with Crippen LogP contribution in [0.25, 0.3) is 16.9 Å². The lowest BCUT2D eigenvalue weighted by atomic mass is 10.2. The fourth-order valence-electron chi connectivity index (χ4n) is 2.11. The van der Waals surface area contributed by atoms with E-state index in [0.717, 1.165) is 22.7 Å². The van der Waals surface area contributed by atoms with Crippen LogP contribution in [0, 0.1) is 0 Å². The van der Waals surface area contributed by atoms with Gasteiger partial charge in [0.05, 0.1) is 11.9 Å². The SMILES string of the molecule is OCCCNc1ccc2ncc(-c3cccc(Cl)c3)n2n1. The Hall–Kier alpha value is -2.11. The monoisotopic (exact) mass is 302 g/mol. The smallest absolute Gasteiger partial charge is 0.154 e. The molecule has 21 heavy (non-hydrogen) atoms. The number of hydrogen-bond acceptors (Lipinski definition) is 4. The molecule has 0 spiro atoms. The molecule has 1 aromatic carbocycles. The molecule has 0 fully saturated rings. The largest absolute Gasteiger partial charge is 0.396 e. The first-order valence-corrected chi connectivity index (χ1v) is 7.11. The standard InChI is InChI=1S/C15H15ClN4O/c16-12-4-1-3-11(9-12)13-10-18-15-6-5-14(19-20(13)15)17-7-2-8-21/h1,3-6,9-10,21H,2,7-8H2,(H,17,19). The first-order valence-electron chi connectivity index (χ1n) is 6.73. The maximum Gasteiger partial charge on any atom is 0.154 e. The van der Waals surface area contributed by atoms with E-state index in [2.05, 4.69) is 15.4 Å². The van der Waals surface area contributed by atoms with Crippen LogP contribution in [0.15, 0.2) is 42.6 Å². The molecule has 2 heterocycles. The van der Waals surface area contributed by atoms with Crippen molar-refractivity contribution in [1.29, 1.82) is 0 Å². The molecule has 5 nitrogen and oxygen atoms in total. The summed E-state index contributed by atoms with van der Waals surface area (Å²) in [5.74, 6) is 0.747. The molecule has 0 saturated heterocycles. The lowest BCUT2D eigenvalue weighted by Gasteiger charge is -2.06. The van der Waals surface area contributed by atoms with Gasteiger partial charge in [-0.3, -0.25) is 0 Å². The average Bonchev–Trinajstić information content (AvgIpc) is 2.91. The van der Waals surface area contributed by atoms with Crippen LogP contribution in [0.2, 0.25) is 5.02 Å². The summed E-state index contributed by atoms with van der Waals surface area (Å²) in [6.07, 6.45) is 2.47. The number of nitrogens with zero attached hydrogens (tertiary/aromatic N) is 3. The molecule has 0 bridgehead atoms. The van der Waals surface area contributed by atoms with Crippen LogP contribution in [-0.4, -0.2) is 32.9 Å². The highest BCUT2D eigenvalue weighted by molar-refractivity contribution is 6.30. The second-order valence-corrected chi connectivity index (χ2v) is 5.08. The highest BCUT2D eigenvalue weighted by Crippen LogP contribution is 2.23. The van der Waals surface area contributed by atoms with Crippen LogP contribution in [0.5, 0.6) is 0 Å². The van der Waals surface area contributed by atoms with Gasteiger partial charge in [0.25, 0.3) is 0 Å². The Kier molecular flexibility index (Phi) is 4.03. The quantitative estimate of drug-likeness (QED) is 0.711. The van der Waals surface area contributed by atoms with Gasteiger partial charge in [0.15, 0.2) is 5.65 Å². The van der Waals surface area contributed by atoms with Crippen LogP contribution < -0.4 is 5.32 Å². The first kappa shape index (κ1) is 13.9. The van der Waals surface area contributed by atoms with E-state index in [0.29, 0.717) is 18.0 Å². The average molecular weight is 303 g/mol. The van der Waals surface area contributed by atoms with Gasteiger partial charge in [0, 0.05) is 23.7 Å². The molecular formula is C15H15ClN4O. The summed E-state index contributed by atoms with van der Waals surface area (Å²) in [7, 11) is 0. The Morgan fingerprint density at radius 3 is 2.95 bits per heavy atom. The summed E-state index contributed by atoms with van der Waals surface area (Å²) >= 11 is 6.04. The van der Waals surface area contributed by atoms with E-state index in [9.17, 15) is 0 Å². The molecule has 2 aromatic heterocycles. The van der Waals surface area contributed by atoms with Crippen LogP contribution in [0.4, 0.5) is 5.82 Å². The fourth-order valence-corrected chi connectivity index (χ4v) is 2.30. The van der Waals surface area contributed by atoms with E-state index < -0.39 is 0 Å². The Morgan fingerprint density at radius 2 is 2.14 bits per heavy atom. The fraction of sp³-hybridized carbons (Fsp3) is 0.200. The topological polar surface area (TPSA) is 62.5 Å². The third-order valence-electron chi connectivity index (χ3n) is 3.12. The second kappa shape index (κ2) is 6.11. The first-order chi connectivity index (χ1) is 10.3. The summed E-state index contributed by atoms with van der Waals surface area (Å²) in [6.45, 7) is 0.838. The molecule has 0 amide bonds. The maximum absolute atomic E-state index is 8.81. The minimum atomic E-state index is 0.161. The van der Waals surface area contributed by atoms with Gasteiger partial charge in [-0.05, 0) is 30.7 Å².